The van der Waals surface area contributed by atoms with E-state index in [4.69, 9.17) is 4.74 Å². The van der Waals surface area contributed by atoms with E-state index < -0.39 is 5.82 Å². The third-order valence-corrected chi connectivity index (χ3v) is 8.94. The molecule has 2 aromatic carbocycles. The number of amides is 2. The second kappa shape index (κ2) is 13.0. The molecule has 2 amide bonds. The maximum Gasteiger partial charge on any atom is 0.254 e. The Morgan fingerprint density at radius 2 is 1.85 bits per heavy atom. The highest BCUT2D eigenvalue weighted by molar-refractivity contribution is 7.10. The number of rotatable bonds is 10. The van der Waals surface area contributed by atoms with Crippen LogP contribution in [0.1, 0.15) is 65.0 Å². The summed E-state index contributed by atoms with van der Waals surface area (Å²) in [5, 5.41) is 2.07. The summed E-state index contributed by atoms with van der Waals surface area (Å²) in [6.45, 7) is 8.29. The summed E-state index contributed by atoms with van der Waals surface area (Å²) < 4.78 is 20.2. The van der Waals surface area contributed by atoms with E-state index >= 15 is 0 Å². The first-order valence-corrected chi connectivity index (χ1v) is 15.1. The number of fused-ring (bicyclic) bond motifs is 1. The molecule has 0 aliphatic carbocycles. The Morgan fingerprint density at radius 1 is 1.07 bits per heavy atom. The van der Waals surface area contributed by atoms with Crippen molar-refractivity contribution in [3.05, 3.63) is 87.4 Å². The molecule has 6 nitrogen and oxygen atoms in total. The van der Waals surface area contributed by atoms with Gasteiger partial charge in [-0.05, 0) is 91.2 Å². The topological polar surface area (TPSA) is 53.1 Å². The van der Waals surface area contributed by atoms with Crippen LogP contribution in [-0.2, 0) is 11.2 Å². The van der Waals surface area contributed by atoms with Crippen LogP contribution >= 0.6 is 11.3 Å². The number of benzene rings is 2. The SMILES string of the molecule is CC(C)c1ccc(OCC2c3ccsc3CCN2C(=O)CN(CCN2CCCC2)C(=O)c2cccc(F)c2)cc1. The van der Waals surface area contributed by atoms with Gasteiger partial charge in [0, 0.05) is 30.1 Å². The van der Waals surface area contributed by atoms with Crippen molar-refractivity contribution < 1.29 is 18.7 Å². The van der Waals surface area contributed by atoms with Gasteiger partial charge >= 0.3 is 0 Å². The van der Waals surface area contributed by atoms with E-state index in [0.29, 0.717) is 32.2 Å². The normalized spacial score (nSPS) is 17.2. The summed E-state index contributed by atoms with van der Waals surface area (Å²) in [5.41, 5.74) is 2.63. The lowest BCUT2D eigenvalue weighted by Crippen LogP contribution is -2.49. The van der Waals surface area contributed by atoms with E-state index in [1.165, 1.54) is 28.6 Å². The van der Waals surface area contributed by atoms with Gasteiger partial charge in [-0.2, -0.15) is 0 Å². The van der Waals surface area contributed by atoms with Crippen LogP contribution in [0.25, 0.3) is 0 Å². The van der Waals surface area contributed by atoms with Gasteiger partial charge in [0.05, 0.1) is 6.04 Å². The first kappa shape index (κ1) is 28.3. The number of hydrogen-bond acceptors (Lipinski definition) is 5. The van der Waals surface area contributed by atoms with Crippen molar-refractivity contribution in [2.24, 2.45) is 0 Å². The number of carbonyl (C=O) groups excluding carboxylic acids is 2. The van der Waals surface area contributed by atoms with Gasteiger partial charge in [-0.3, -0.25) is 9.59 Å². The van der Waals surface area contributed by atoms with E-state index in [2.05, 4.69) is 42.3 Å². The van der Waals surface area contributed by atoms with Crippen LogP contribution < -0.4 is 4.74 Å². The smallest absolute Gasteiger partial charge is 0.254 e. The molecule has 0 spiro atoms. The first-order valence-electron chi connectivity index (χ1n) is 14.2. The Balaban J connectivity index is 1.32. The summed E-state index contributed by atoms with van der Waals surface area (Å²) >= 11 is 1.71. The van der Waals surface area contributed by atoms with Crippen molar-refractivity contribution in [1.82, 2.24) is 14.7 Å². The van der Waals surface area contributed by atoms with Crippen molar-refractivity contribution in [1.29, 1.82) is 0 Å². The van der Waals surface area contributed by atoms with Crippen molar-refractivity contribution in [3.8, 4) is 5.75 Å². The Morgan fingerprint density at radius 3 is 2.58 bits per heavy atom. The van der Waals surface area contributed by atoms with E-state index in [1.807, 2.05) is 17.0 Å². The Bertz CT molecular complexity index is 1300. The fourth-order valence-electron chi connectivity index (χ4n) is 5.58. The van der Waals surface area contributed by atoms with Gasteiger partial charge in [0.15, 0.2) is 0 Å². The average Bonchev–Trinajstić information content (AvgIpc) is 3.66. The maximum absolute atomic E-state index is 14.0. The highest BCUT2D eigenvalue weighted by Gasteiger charge is 2.34. The summed E-state index contributed by atoms with van der Waals surface area (Å²) in [6, 6.07) is 15.7. The van der Waals surface area contributed by atoms with E-state index in [1.54, 1.807) is 22.3 Å². The van der Waals surface area contributed by atoms with E-state index in [9.17, 15) is 14.0 Å². The van der Waals surface area contributed by atoms with Gasteiger partial charge in [0.25, 0.3) is 5.91 Å². The first-order chi connectivity index (χ1) is 19.4. The summed E-state index contributed by atoms with van der Waals surface area (Å²) in [6.07, 6.45) is 3.08. The zero-order valence-electron chi connectivity index (χ0n) is 23.4. The minimum absolute atomic E-state index is 0.0533. The lowest BCUT2D eigenvalue weighted by atomic mass is 10.00. The molecule has 0 N–H and O–H groups in total. The minimum Gasteiger partial charge on any atom is -0.491 e. The fraction of sp³-hybridized carbons (Fsp3) is 0.438. The number of likely N-dealkylation sites (tertiary alicyclic amines) is 1. The molecule has 1 saturated heterocycles. The molecule has 0 saturated carbocycles. The Labute approximate surface area is 240 Å². The molecular formula is C32H38FN3O3S. The van der Waals surface area contributed by atoms with Crippen LogP contribution in [0.2, 0.25) is 0 Å². The van der Waals surface area contributed by atoms with Crippen LogP contribution in [-0.4, -0.2) is 72.4 Å². The van der Waals surface area contributed by atoms with Crippen molar-refractivity contribution >= 4 is 23.2 Å². The predicted molar refractivity (Wildman–Crippen MR) is 156 cm³/mol. The van der Waals surface area contributed by atoms with Gasteiger partial charge in [-0.1, -0.05) is 32.0 Å². The van der Waals surface area contributed by atoms with Crippen LogP contribution in [0.4, 0.5) is 4.39 Å². The highest BCUT2D eigenvalue weighted by Crippen LogP contribution is 2.34. The molecule has 1 atom stereocenters. The number of carbonyl (C=O) groups is 2. The third-order valence-electron chi connectivity index (χ3n) is 7.94. The number of thiophene rings is 1. The standard InChI is InChI=1S/C32H38FN3O3S/c1-23(2)24-8-10-27(11-9-24)39-22-29-28-13-19-40-30(28)12-16-36(29)31(37)21-35(18-17-34-14-3-4-15-34)32(38)25-6-5-7-26(33)20-25/h5-11,13,19-20,23,29H,3-4,12,14-18,21-22H2,1-2H3. The van der Waals surface area contributed by atoms with Gasteiger partial charge in [0.2, 0.25) is 5.91 Å². The summed E-state index contributed by atoms with van der Waals surface area (Å²) in [7, 11) is 0. The zero-order valence-corrected chi connectivity index (χ0v) is 24.2. The predicted octanol–water partition coefficient (Wildman–Crippen LogP) is 5.75. The fourth-order valence-corrected chi connectivity index (χ4v) is 6.51. The van der Waals surface area contributed by atoms with Crippen LogP contribution in [0, 0.1) is 5.82 Å². The lowest BCUT2D eigenvalue weighted by Gasteiger charge is -2.37. The zero-order chi connectivity index (χ0) is 28.1. The molecule has 0 bridgehead atoms. The molecule has 8 heteroatoms. The Kier molecular flexibility index (Phi) is 9.17. The largest absolute Gasteiger partial charge is 0.491 e. The van der Waals surface area contributed by atoms with Gasteiger partial charge in [-0.15, -0.1) is 11.3 Å². The maximum atomic E-state index is 14.0. The lowest BCUT2D eigenvalue weighted by molar-refractivity contribution is -0.135. The molecule has 2 aliphatic rings. The third kappa shape index (κ3) is 6.73. The second-order valence-electron chi connectivity index (χ2n) is 11.0. The van der Waals surface area contributed by atoms with Crippen LogP contribution in [0.3, 0.4) is 0 Å². The van der Waals surface area contributed by atoms with Crippen molar-refractivity contribution in [2.75, 3.05) is 45.9 Å². The van der Waals surface area contributed by atoms with E-state index in [-0.39, 0.29) is 30.0 Å². The van der Waals surface area contributed by atoms with Gasteiger partial charge < -0.3 is 19.4 Å². The number of hydrogen-bond donors (Lipinski definition) is 0. The molecule has 5 rings (SSSR count). The van der Waals surface area contributed by atoms with Crippen molar-refractivity contribution in [3.63, 3.8) is 0 Å². The average molecular weight is 564 g/mol. The quantitative estimate of drug-likeness (QED) is 0.315. The molecule has 2 aliphatic heterocycles. The van der Waals surface area contributed by atoms with Crippen LogP contribution in [0.15, 0.2) is 60.0 Å². The molecular weight excluding hydrogens is 525 g/mol. The molecule has 1 aromatic heterocycles. The van der Waals surface area contributed by atoms with Gasteiger partial charge in [-0.25, -0.2) is 4.39 Å². The number of nitrogens with zero attached hydrogens (tertiary/aromatic N) is 3. The molecule has 1 unspecified atom stereocenters. The number of ether oxygens (including phenoxy) is 1. The summed E-state index contributed by atoms with van der Waals surface area (Å²) in [5.74, 6) is 0.312. The monoisotopic (exact) mass is 563 g/mol. The highest BCUT2D eigenvalue weighted by atomic mass is 32.1. The molecule has 1 fully saturated rings. The molecule has 3 heterocycles. The minimum atomic E-state index is -0.462. The molecule has 40 heavy (non-hydrogen) atoms. The molecule has 3 aromatic rings. The Hall–Kier alpha value is -3.23. The van der Waals surface area contributed by atoms with E-state index in [0.717, 1.165) is 43.7 Å². The molecule has 0 radical (unpaired) electrons. The second-order valence-corrected chi connectivity index (χ2v) is 12.0. The molecule has 212 valence electrons. The number of halogens is 1. The summed E-state index contributed by atoms with van der Waals surface area (Å²) in [4.78, 5) is 34.4. The van der Waals surface area contributed by atoms with Crippen molar-refractivity contribution in [2.45, 2.75) is 45.1 Å². The van der Waals surface area contributed by atoms with Crippen LogP contribution in [0.5, 0.6) is 5.75 Å². The van der Waals surface area contributed by atoms with Gasteiger partial charge in [0.1, 0.15) is 24.7 Å².